The van der Waals surface area contributed by atoms with E-state index in [1.54, 1.807) is 0 Å². The van der Waals surface area contributed by atoms with Gasteiger partial charge in [0.25, 0.3) is 0 Å². The molecule has 0 saturated heterocycles. The first-order chi connectivity index (χ1) is 9.31. The molecule has 0 aliphatic heterocycles. The summed E-state index contributed by atoms with van der Waals surface area (Å²) in [5.41, 5.74) is 0.996. The minimum atomic E-state index is 0.544. The van der Waals surface area contributed by atoms with Crippen LogP contribution < -0.4 is 5.32 Å². The van der Waals surface area contributed by atoms with Crippen LogP contribution in [0.1, 0.15) is 5.76 Å². The van der Waals surface area contributed by atoms with Crippen LogP contribution in [-0.4, -0.2) is 15.2 Å². The molecule has 96 valence electrons. The molecule has 0 atom stereocenters. The van der Waals surface area contributed by atoms with Crippen LogP contribution in [0.2, 0.25) is 5.02 Å². The van der Waals surface area contributed by atoms with Gasteiger partial charge < -0.3 is 9.73 Å². The van der Waals surface area contributed by atoms with Gasteiger partial charge in [-0.25, -0.2) is 10.1 Å². The van der Waals surface area contributed by atoms with Crippen LogP contribution in [0.3, 0.4) is 0 Å². The zero-order valence-electron chi connectivity index (χ0n) is 9.93. The molecule has 3 rings (SSSR count). The van der Waals surface area contributed by atoms with Crippen molar-refractivity contribution in [2.24, 2.45) is 0 Å². The van der Waals surface area contributed by atoms with Crippen molar-refractivity contribution in [3.05, 3.63) is 53.5 Å². The number of halogens is 1. The van der Waals surface area contributed by atoms with Gasteiger partial charge in [0.15, 0.2) is 0 Å². The Morgan fingerprint density at radius 3 is 2.74 bits per heavy atom. The van der Waals surface area contributed by atoms with Gasteiger partial charge in [0.1, 0.15) is 17.8 Å². The van der Waals surface area contributed by atoms with Crippen molar-refractivity contribution < 1.29 is 4.42 Å². The lowest BCUT2D eigenvalue weighted by molar-refractivity contribution is 0.531. The fraction of sp³-hybridized carbons (Fsp3) is 0.0769. The van der Waals surface area contributed by atoms with Crippen molar-refractivity contribution in [2.75, 3.05) is 5.32 Å². The predicted octanol–water partition coefficient (Wildman–Crippen LogP) is 3.33. The van der Waals surface area contributed by atoms with E-state index in [2.05, 4.69) is 20.5 Å². The highest BCUT2D eigenvalue weighted by molar-refractivity contribution is 6.30. The standard InChI is InChI=1S/C13H11ClN4O/c14-10-3-1-9(2-4-10)12-6-5-11(19-12)7-15-13-16-8-17-18-13/h1-6,8H,7H2,(H2,15,16,17,18). The molecule has 0 aliphatic rings. The highest BCUT2D eigenvalue weighted by atomic mass is 35.5. The number of nitrogens with one attached hydrogen (secondary N) is 2. The first-order valence-corrected chi connectivity index (χ1v) is 6.13. The van der Waals surface area contributed by atoms with Crippen molar-refractivity contribution in [3.8, 4) is 11.3 Å². The summed E-state index contributed by atoms with van der Waals surface area (Å²) in [5.74, 6) is 2.25. The molecule has 2 N–H and O–H groups in total. The number of furan rings is 1. The van der Waals surface area contributed by atoms with E-state index in [1.807, 2.05) is 36.4 Å². The highest BCUT2D eigenvalue weighted by Gasteiger charge is 2.05. The topological polar surface area (TPSA) is 66.7 Å². The lowest BCUT2D eigenvalue weighted by Gasteiger charge is -1.99. The van der Waals surface area contributed by atoms with Crippen LogP contribution in [0, 0.1) is 0 Å². The highest BCUT2D eigenvalue weighted by Crippen LogP contribution is 2.23. The number of hydrogen-bond acceptors (Lipinski definition) is 4. The monoisotopic (exact) mass is 274 g/mol. The minimum absolute atomic E-state index is 0.544. The van der Waals surface area contributed by atoms with Crippen molar-refractivity contribution >= 4 is 17.5 Å². The van der Waals surface area contributed by atoms with Gasteiger partial charge in [-0.05, 0) is 36.4 Å². The summed E-state index contributed by atoms with van der Waals surface area (Å²) in [4.78, 5) is 3.97. The first-order valence-electron chi connectivity index (χ1n) is 5.75. The predicted molar refractivity (Wildman–Crippen MR) is 72.9 cm³/mol. The third-order valence-corrected chi connectivity index (χ3v) is 2.89. The Hall–Kier alpha value is -2.27. The van der Waals surface area contributed by atoms with Crippen LogP contribution >= 0.6 is 11.6 Å². The fourth-order valence-corrected chi connectivity index (χ4v) is 1.83. The molecule has 0 unspecified atom stereocenters. The van der Waals surface area contributed by atoms with Gasteiger partial charge in [-0.3, -0.25) is 0 Å². The normalized spacial score (nSPS) is 10.6. The van der Waals surface area contributed by atoms with E-state index in [1.165, 1.54) is 6.33 Å². The van der Waals surface area contributed by atoms with E-state index in [4.69, 9.17) is 16.0 Å². The van der Waals surface area contributed by atoms with Crippen molar-refractivity contribution in [2.45, 2.75) is 6.54 Å². The zero-order chi connectivity index (χ0) is 13.1. The van der Waals surface area contributed by atoms with Gasteiger partial charge in [0.05, 0.1) is 6.54 Å². The van der Waals surface area contributed by atoms with E-state index in [0.717, 1.165) is 17.1 Å². The Labute approximate surface area is 114 Å². The maximum Gasteiger partial charge on any atom is 0.218 e. The van der Waals surface area contributed by atoms with Crippen molar-refractivity contribution in [1.82, 2.24) is 15.2 Å². The summed E-state index contributed by atoms with van der Waals surface area (Å²) in [5, 5.41) is 10.3. The van der Waals surface area contributed by atoms with Gasteiger partial charge in [0.2, 0.25) is 5.95 Å². The molecule has 2 heterocycles. The van der Waals surface area contributed by atoms with Crippen LogP contribution in [-0.2, 0) is 6.54 Å². The van der Waals surface area contributed by atoms with Crippen LogP contribution in [0.15, 0.2) is 47.1 Å². The fourth-order valence-electron chi connectivity index (χ4n) is 1.70. The Balaban J connectivity index is 1.70. The molecular weight excluding hydrogens is 264 g/mol. The number of hydrogen-bond donors (Lipinski definition) is 2. The third kappa shape index (κ3) is 2.77. The van der Waals surface area contributed by atoms with Gasteiger partial charge in [-0.1, -0.05) is 11.6 Å². The maximum atomic E-state index is 5.85. The first kappa shape index (κ1) is 11.8. The minimum Gasteiger partial charge on any atom is -0.459 e. The molecule has 0 amide bonds. The second kappa shape index (κ2) is 5.16. The molecule has 0 radical (unpaired) electrons. The largest absolute Gasteiger partial charge is 0.459 e. The smallest absolute Gasteiger partial charge is 0.218 e. The second-order valence-corrected chi connectivity index (χ2v) is 4.40. The number of rotatable bonds is 4. The average molecular weight is 275 g/mol. The number of anilines is 1. The SMILES string of the molecule is Clc1ccc(-c2ccc(CNc3ncn[nH]3)o2)cc1. The summed E-state index contributed by atoms with van der Waals surface area (Å²) in [6, 6.07) is 11.4. The quantitative estimate of drug-likeness (QED) is 0.766. The maximum absolute atomic E-state index is 5.85. The Kier molecular flexibility index (Phi) is 3.20. The van der Waals surface area contributed by atoms with E-state index in [-0.39, 0.29) is 0 Å². The Bertz CT molecular complexity index is 646. The Morgan fingerprint density at radius 2 is 2.00 bits per heavy atom. The van der Waals surface area contributed by atoms with Gasteiger partial charge in [0, 0.05) is 10.6 Å². The van der Waals surface area contributed by atoms with Crippen LogP contribution in [0.25, 0.3) is 11.3 Å². The molecule has 1 aromatic carbocycles. The number of H-pyrrole nitrogens is 1. The summed E-state index contributed by atoms with van der Waals surface area (Å²) in [6.07, 6.45) is 1.45. The zero-order valence-corrected chi connectivity index (χ0v) is 10.7. The second-order valence-electron chi connectivity index (χ2n) is 3.96. The summed E-state index contributed by atoms with van der Waals surface area (Å²) < 4.78 is 5.74. The Morgan fingerprint density at radius 1 is 1.16 bits per heavy atom. The van der Waals surface area contributed by atoms with Gasteiger partial charge in [-0.15, -0.1) is 0 Å². The number of nitrogens with zero attached hydrogens (tertiary/aromatic N) is 2. The van der Waals surface area contributed by atoms with Crippen molar-refractivity contribution in [3.63, 3.8) is 0 Å². The molecule has 5 nitrogen and oxygen atoms in total. The van der Waals surface area contributed by atoms with E-state index in [0.29, 0.717) is 17.5 Å². The average Bonchev–Trinajstić information content (AvgIpc) is 3.09. The summed E-state index contributed by atoms with van der Waals surface area (Å²) in [7, 11) is 0. The number of aromatic amines is 1. The molecule has 0 spiro atoms. The molecule has 6 heteroatoms. The van der Waals surface area contributed by atoms with E-state index >= 15 is 0 Å². The van der Waals surface area contributed by atoms with Crippen LogP contribution in [0.4, 0.5) is 5.95 Å². The molecule has 2 aromatic heterocycles. The molecule has 19 heavy (non-hydrogen) atoms. The van der Waals surface area contributed by atoms with Gasteiger partial charge >= 0.3 is 0 Å². The van der Waals surface area contributed by atoms with Crippen LogP contribution in [0.5, 0.6) is 0 Å². The van der Waals surface area contributed by atoms with Gasteiger partial charge in [-0.2, -0.15) is 5.10 Å². The lowest BCUT2D eigenvalue weighted by atomic mass is 10.2. The molecule has 3 aromatic rings. The van der Waals surface area contributed by atoms with E-state index < -0.39 is 0 Å². The van der Waals surface area contributed by atoms with E-state index in [9.17, 15) is 0 Å². The third-order valence-electron chi connectivity index (χ3n) is 2.64. The molecular formula is C13H11ClN4O. The molecule has 0 aliphatic carbocycles. The van der Waals surface area contributed by atoms with Crippen molar-refractivity contribution in [1.29, 1.82) is 0 Å². The lowest BCUT2D eigenvalue weighted by Crippen LogP contribution is -1.99. The molecule has 0 bridgehead atoms. The molecule has 0 fully saturated rings. The molecule has 0 saturated carbocycles. The summed E-state index contributed by atoms with van der Waals surface area (Å²) >= 11 is 5.85. The number of benzene rings is 1. The number of aromatic nitrogens is 3. The summed E-state index contributed by atoms with van der Waals surface area (Å²) in [6.45, 7) is 0.544.